The molecule has 1 unspecified atom stereocenters. The molecule has 1 fully saturated rings. The summed E-state index contributed by atoms with van der Waals surface area (Å²) in [5.74, 6) is 0.554. The second-order valence-corrected chi connectivity index (χ2v) is 6.36. The fourth-order valence-corrected chi connectivity index (χ4v) is 2.54. The maximum Gasteiger partial charge on any atom is 0.422 e. The van der Waals surface area contributed by atoms with Gasteiger partial charge in [0.2, 0.25) is 5.88 Å². The van der Waals surface area contributed by atoms with Gasteiger partial charge in [-0.25, -0.2) is 9.98 Å². The quantitative estimate of drug-likeness (QED) is 0.567. The number of guanidine groups is 1. The second-order valence-electron chi connectivity index (χ2n) is 6.36. The van der Waals surface area contributed by atoms with E-state index in [9.17, 15) is 13.2 Å². The fourth-order valence-electron chi connectivity index (χ4n) is 2.54. The lowest BCUT2D eigenvalue weighted by Crippen LogP contribution is -2.45. The average molecular weight is 374 g/mol. The van der Waals surface area contributed by atoms with E-state index in [2.05, 4.69) is 32.3 Å². The lowest BCUT2D eigenvalue weighted by atomic mass is 10.0. The van der Waals surface area contributed by atoms with Crippen molar-refractivity contribution in [2.24, 2.45) is 4.99 Å². The summed E-state index contributed by atoms with van der Waals surface area (Å²) in [5, 5.41) is 6.39. The maximum absolute atomic E-state index is 12.2. The van der Waals surface area contributed by atoms with Crippen molar-refractivity contribution in [3.63, 3.8) is 0 Å². The molecule has 26 heavy (non-hydrogen) atoms. The second kappa shape index (κ2) is 9.07. The van der Waals surface area contributed by atoms with Gasteiger partial charge in [-0.15, -0.1) is 0 Å². The van der Waals surface area contributed by atoms with Gasteiger partial charge in [-0.05, 0) is 38.3 Å². The summed E-state index contributed by atoms with van der Waals surface area (Å²) in [5.41, 5.74) is 0.503. The molecule has 0 bridgehead atoms. The number of aromatic nitrogens is 1. The lowest BCUT2D eigenvalue weighted by Gasteiger charge is -2.24. The van der Waals surface area contributed by atoms with E-state index in [1.165, 1.54) is 12.3 Å². The molecule has 1 atom stereocenters. The topological polar surface area (TPSA) is 67.8 Å². The first-order valence-corrected chi connectivity index (χ1v) is 8.60. The highest BCUT2D eigenvalue weighted by atomic mass is 19.4. The molecule has 146 valence electrons. The first kappa shape index (κ1) is 20.3. The van der Waals surface area contributed by atoms with E-state index in [4.69, 9.17) is 4.74 Å². The van der Waals surface area contributed by atoms with E-state index in [-0.39, 0.29) is 18.0 Å². The summed E-state index contributed by atoms with van der Waals surface area (Å²) >= 11 is 0. The molecule has 2 heterocycles. The molecule has 1 aromatic rings. The van der Waals surface area contributed by atoms with Gasteiger partial charge in [0.25, 0.3) is 0 Å². The van der Waals surface area contributed by atoms with E-state index < -0.39 is 12.8 Å². The summed E-state index contributed by atoms with van der Waals surface area (Å²) < 4.78 is 47.1. The predicted molar refractivity (Wildman–Crippen MR) is 92.2 cm³/mol. The van der Waals surface area contributed by atoms with Crippen LogP contribution in [0.5, 0.6) is 5.88 Å². The predicted octanol–water partition coefficient (Wildman–Crippen LogP) is 2.65. The molecule has 1 aliphatic rings. The Balaban J connectivity index is 1.93. The van der Waals surface area contributed by atoms with Crippen molar-refractivity contribution < 1.29 is 22.6 Å². The van der Waals surface area contributed by atoms with Gasteiger partial charge in [-0.3, -0.25) is 0 Å². The molecule has 1 aliphatic heterocycles. The van der Waals surface area contributed by atoms with Gasteiger partial charge in [0.05, 0.1) is 12.1 Å². The largest absolute Gasteiger partial charge is 0.468 e. The summed E-state index contributed by atoms with van der Waals surface area (Å²) in [4.78, 5) is 8.24. The Kier molecular flexibility index (Phi) is 7.07. The summed E-state index contributed by atoms with van der Waals surface area (Å²) in [6.07, 6.45) is -0.950. The number of hydrogen-bond donors (Lipinski definition) is 2. The smallest absolute Gasteiger partial charge is 0.422 e. The third-order valence-corrected chi connectivity index (χ3v) is 3.88. The van der Waals surface area contributed by atoms with Crippen LogP contribution in [0.2, 0.25) is 0 Å². The first-order chi connectivity index (χ1) is 12.3. The molecule has 0 saturated carbocycles. The lowest BCUT2D eigenvalue weighted by molar-refractivity contribution is -0.154. The number of pyridine rings is 1. The Morgan fingerprint density at radius 1 is 1.42 bits per heavy atom. The van der Waals surface area contributed by atoms with E-state index >= 15 is 0 Å². The minimum Gasteiger partial charge on any atom is -0.468 e. The van der Waals surface area contributed by atoms with Gasteiger partial charge in [-0.1, -0.05) is 0 Å². The van der Waals surface area contributed by atoms with Gasteiger partial charge >= 0.3 is 6.18 Å². The number of nitrogens with zero attached hydrogens (tertiary/aromatic N) is 2. The molecule has 2 rings (SSSR count). The number of hydrogen-bond acceptors (Lipinski definition) is 4. The zero-order valence-corrected chi connectivity index (χ0v) is 15.0. The third kappa shape index (κ3) is 7.07. The van der Waals surface area contributed by atoms with Gasteiger partial charge in [0.15, 0.2) is 12.6 Å². The standard InChI is InChI=1S/C17H25F3N4O2/c1-3-21-15(24-11-16(2)6-4-8-26-16)23-10-13-5-7-22-14(9-13)25-12-17(18,19)20/h5,7,9H,3-4,6,8,10-12H2,1-2H3,(H2,21,23,24). The third-order valence-electron chi connectivity index (χ3n) is 3.88. The summed E-state index contributed by atoms with van der Waals surface area (Å²) in [6, 6.07) is 3.15. The van der Waals surface area contributed by atoms with Crippen LogP contribution < -0.4 is 15.4 Å². The number of rotatable bonds is 7. The minimum absolute atomic E-state index is 0.0696. The van der Waals surface area contributed by atoms with Crippen molar-refractivity contribution >= 4 is 5.96 Å². The molecular formula is C17H25F3N4O2. The van der Waals surface area contributed by atoms with Gasteiger partial charge in [-0.2, -0.15) is 13.2 Å². The number of alkyl halides is 3. The van der Waals surface area contributed by atoms with Crippen molar-refractivity contribution in [3.8, 4) is 5.88 Å². The Bertz CT molecular complexity index is 602. The highest BCUT2D eigenvalue weighted by Crippen LogP contribution is 2.23. The van der Waals surface area contributed by atoms with Gasteiger partial charge in [0, 0.05) is 32.0 Å². The normalized spacial score (nSPS) is 20.9. The van der Waals surface area contributed by atoms with Crippen LogP contribution in [0.3, 0.4) is 0 Å². The highest BCUT2D eigenvalue weighted by Gasteiger charge is 2.30. The Morgan fingerprint density at radius 2 is 2.23 bits per heavy atom. The molecule has 1 aromatic heterocycles. The van der Waals surface area contributed by atoms with Crippen LogP contribution in [0.1, 0.15) is 32.3 Å². The Morgan fingerprint density at radius 3 is 2.88 bits per heavy atom. The molecule has 1 saturated heterocycles. The fraction of sp³-hybridized carbons (Fsp3) is 0.647. The molecule has 0 spiro atoms. The molecular weight excluding hydrogens is 349 g/mol. The van der Waals surface area contributed by atoms with Crippen LogP contribution >= 0.6 is 0 Å². The van der Waals surface area contributed by atoms with Crippen LogP contribution in [0, 0.1) is 0 Å². The van der Waals surface area contributed by atoms with Gasteiger partial charge in [0.1, 0.15) is 0 Å². The molecule has 0 aliphatic carbocycles. The highest BCUT2D eigenvalue weighted by molar-refractivity contribution is 5.79. The number of aliphatic imine (C=N–C) groups is 1. The average Bonchev–Trinajstić information content (AvgIpc) is 3.02. The van der Waals surface area contributed by atoms with E-state index in [1.54, 1.807) is 6.07 Å². The number of nitrogens with one attached hydrogen (secondary N) is 2. The Labute approximate surface area is 151 Å². The van der Waals surface area contributed by atoms with Crippen LogP contribution in [-0.4, -0.2) is 49.0 Å². The van der Waals surface area contributed by atoms with Crippen molar-refractivity contribution in [2.75, 3.05) is 26.3 Å². The van der Waals surface area contributed by atoms with Crippen LogP contribution in [-0.2, 0) is 11.3 Å². The minimum atomic E-state index is -4.39. The van der Waals surface area contributed by atoms with E-state index in [0.717, 1.165) is 19.4 Å². The molecule has 2 N–H and O–H groups in total. The summed E-state index contributed by atoms with van der Waals surface area (Å²) in [7, 11) is 0. The van der Waals surface area contributed by atoms with Gasteiger partial charge < -0.3 is 20.1 Å². The van der Waals surface area contributed by atoms with Crippen molar-refractivity contribution in [2.45, 2.75) is 45.0 Å². The molecule has 6 nitrogen and oxygen atoms in total. The maximum atomic E-state index is 12.2. The Hall–Kier alpha value is -2.03. The van der Waals surface area contributed by atoms with Crippen LogP contribution in [0.4, 0.5) is 13.2 Å². The molecule has 9 heteroatoms. The zero-order valence-electron chi connectivity index (χ0n) is 15.0. The molecule has 0 aromatic carbocycles. The molecule has 0 radical (unpaired) electrons. The first-order valence-electron chi connectivity index (χ1n) is 8.60. The van der Waals surface area contributed by atoms with Crippen molar-refractivity contribution in [1.29, 1.82) is 0 Å². The van der Waals surface area contributed by atoms with Crippen molar-refractivity contribution in [3.05, 3.63) is 23.9 Å². The SMILES string of the molecule is CCNC(=NCc1ccnc(OCC(F)(F)F)c1)NCC1(C)CCCO1. The monoisotopic (exact) mass is 374 g/mol. The van der Waals surface area contributed by atoms with Crippen molar-refractivity contribution in [1.82, 2.24) is 15.6 Å². The van der Waals surface area contributed by atoms with E-state index in [0.29, 0.717) is 24.6 Å². The van der Waals surface area contributed by atoms with Crippen LogP contribution in [0.25, 0.3) is 0 Å². The number of ether oxygens (including phenoxy) is 2. The summed E-state index contributed by atoms with van der Waals surface area (Å²) in [6.45, 7) is 5.04. The molecule has 0 amide bonds. The van der Waals surface area contributed by atoms with Crippen LogP contribution in [0.15, 0.2) is 23.3 Å². The number of halogens is 3. The zero-order chi connectivity index (χ0) is 19.0. The van der Waals surface area contributed by atoms with E-state index in [1.807, 2.05) is 6.92 Å².